The molecular weight excluding hydrogens is 386 g/mol. The first-order valence-corrected chi connectivity index (χ1v) is 11.1. The van der Waals surface area contributed by atoms with E-state index in [-0.39, 0.29) is 11.6 Å². The molecule has 0 fully saturated rings. The fourth-order valence-electron chi connectivity index (χ4n) is 3.06. The Morgan fingerprint density at radius 3 is 2.31 bits per heavy atom. The van der Waals surface area contributed by atoms with Gasteiger partial charge in [-0.2, -0.15) is 0 Å². The molecule has 2 N–H and O–H groups in total. The lowest BCUT2D eigenvalue weighted by Gasteiger charge is -2.23. The van der Waals surface area contributed by atoms with Gasteiger partial charge in [-0.15, -0.1) is 11.3 Å². The number of aliphatic hydroxyl groups excluding tert-OH is 2. The molecule has 0 radical (unpaired) electrons. The first-order valence-electron chi connectivity index (χ1n) is 10.2. The molecule has 0 spiro atoms. The van der Waals surface area contributed by atoms with Crippen LogP contribution in [0.4, 0.5) is 0 Å². The summed E-state index contributed by atoms with van der Waals surface area (Å²) in [4.78, 5) is 28.5. The molecule has 1 aromatic rings. The van der Waals surface area contributed by atoms with E-state index in [0.29, 0.717) is 25.7 Å². The minimum absolute atomic E-state index is 0.0292. The van der Waals surface area contributed by atoms with Crippen LogP contribution in [0.5, 0.6) is 0 Å². The highest BCUT2D eigenvalue weighted by Crippen LogP contribution is 2.20. The third kappa shape index (κ3) is 8.33. The molecule has 1 aromatic heterocycles. The fraction of sp³-hybridized carbons (Fsp3) is 0.609. The maximum atomic E-state index is 12.4. The van der Waals surface area contributed by atoms with Crippen molar-refractivity contribution in [1.29, 1.82) is 0 Å². The number of carbonyl (C=O) groups excluding carboxylic acids is 2. The van der Waals surface area contributed by atoms with Gasteiger partial charge in [0.25, 0.3) is 0 Å². The number of Topliss-reactive ketones (excluding diaryl/α,β-unsaturated/α-hetero) is 2. The lowest BCUT2D eigenvalue weighted by molar-refractivity contribution is -0.131. The van der Waals surface area contributed by atoms with Crippen LogP contribution in [0.1, 0.15) is 71.0 Å². The molecule has 0 aliphatic heterocycles. The number of nitrogens with zero attached hydrogens (tertiary/aromatic N) is 1. The molecular formula is C23H35NO4S. The van der Waals surface area contributed by atoms with Crippen molar-refractivity contribution in [3.63, 3.8) is 0 Å². The van der Waals surface area contributed by atoms with E-state index in [1.807, 2.05) is 38.3 Å². The number of carbonyl (C=O) groups is 2. The van der Waals surface area contributed by atoms with Gasteiger partial charge in [-0.1, -0.05) is 32.4 Å². The Hall–Kier alpha value is -1.63. The van der Waals surface area contributed by atoms with Crippen LogP contribution >= 0.6 is 11.3 Å². The number of ketones is 2. The predicted molar refractivity (Wildman–Crippen MR) is 119 cm³/mol. The third-order valence-electron chi connectivity index (χ3n) is 5.38. The summed E-state index contributed by atoms with van der Waals surface area (Å²) in [5.41, 5.74) is 2.73. The summed E-state index contributed by atoms with van der Waals surface area (Å²) in [6.07, 6.45) is 4.04. The van der Waals surface area contributed by atoms with Crippen molar-refractivity contribution in [3.05, 3.63) is 33.3 Å². The van der Waals surface area contributed by atoms with E-state index in [0.717, 1.165) is 21.8 Å². The second-order valence-corrected chi connectivity index (χ2v) is 8.90. The zero-order valence-corrected chi connectivity index (χ0v) is 19.3. The van der Waals surface area contributed by atoms with Gasteiger partial charge >= 0.3 is 0 Å². The first-order chi connectivity index (χ1) is 13.6. The Labute approximate surface area is 178 Å². The minimum atomic E-state index is -0.941. The topological polar surface area (TPSA) is 87.5 Å². The van der Waals surface area contributed by atoms with Crippen molar-refractivity contribution in [2.45, 2.75) is 79.4 Å². The van der Waals surface area contributed by atoms with Crippen molar-refractivity contribution in [2.75, 3.05) is 0 Å². The molecule has 0 aromatic carbocycles. The van der Waals surface area contributed by atoms with Crippen molar-refractivity contribution in [3.8, 4) is 0 Å². The van der Waals surface area contributed by atoms with E-state index in [4.69, 9.17) is 0 Å². The van der Waals surface area contributed by atoms with Crippen LogP contribution < -0.4 is 0 Å². The van der Waals surface area contributed by atoms with Crippen LogP contribution in [0, 0.1) is 18.8 Å². The van der Waals surface area contributed by atoms with Crippen LogP contribution in [-0.2, 0) is 9.59 Å². The standard InChI is InChI=1S/C23H35NO4S/c1-7-20(25)16(4)23(28)17(5)22(27)11-9-14(2)8-10-21(26)15(3)12-19-13-29-18(6)24-19/h8,12-13,16-17,21,23,26,28H,7,9-11H2,1-6H3/b14-8-,15-12+/t16-,17-,21?,23+/m0/s1. The molecule has 4 atom stereocenters. The van der Waals surface area contributed by atoms with Crippen molar-refractivity contribution in [1.82, 2.24) is 4.98 Å². The Bertz CT molecular complexity index is 750. The summed E-state index contributed by atoms with van der Waals surface area (Å²) in [5.74, 6) is -1.16. The van der Waals surface area contributed by atoms with Gasteiger partial charge in [0.1, 0.15) is 11.6 Å². The SMILES string of the molecule is CCC(=O)[C@H](C)[C@@H](O)[C@@H](C)C(=O)CC/C(C)=C\CC(O)/C(C)=C/c1csc(C)n1. The van der Waals surface area contributed by atoms with Gasteiger partial charge in [0.2, 0.25) is 0 Å². The summed E-state index contributed by atoms with van der Waals surface area (Å²) in [5, 5.41) is 23.6. The lowest BCUT2D eigenvalue weighted by Crippen LogP contribution is -2.35. The number of aryl methyl sites for hydroxylation is 1. The number of aliphatic hydroxyl groups is 2. The van der Waals surface area contributed by atoms with E-state index in [1.54, 1.807) is 32.1 Å². The van der Waals surface area contributed by atoms with E-state index in [1.165, 1.54) is 0 Å². The van der Waals surface area contributed by atoms with E-state index in [9.17, 15) is 19.8 Å². The molecule has 6 heteroatoms. The van der Waals surface area contributed by atoms with Gasteiger partial charge in [-0.3, -0.25) is 9.59 Å². The number of hydrogen-bond donors (Lipinski definition) is 2. The average Bonchev–Trinajstić information content (AvgIpc) is 3.11. The molecule has 162 valence electrons. The van der Waals surface area contributed by atoms with Gasteiger partial charge in [-0.05, 0) is 45.3 Å². The van der Waals surface area contributed by atoms with E-state index in [2.05, 4.69) is 4.98 Å². The Morgan fingerprint density at radius 1 is 1.14 bits per heavy atom. The average molecular weight is 422 g/mol. The second kappa shape index (κ2) is 12.2. The molecule has 0 saturated heterocycles. The highest BCUT2D eigenvalue weighted by molar-refractivity contribution is 7.09. The van der Waals surface area contributed by atoms with Crippen molar-refractivity contribution in [2.24, 2.45) is 11.8 Å². The Balaban J connectivity index is 2.53. The molecule has 1 rings (SSSR count). The van der Waals surface area contributed by atoms with E-state index < -0.39 is 24.0 Å². The quantitative estimate of drug-likeness (QED) is 0.485. The van der Waals surface area contributed by atoms with Crippen LogP contribution in [0.2, 0.25) is 0 Å². The molecule has 0 bridgehead atoms. The largest absolute Gasteiger partial charge is 0.392 e. The predicted octanol–water partition coefficient (Wildman–Crippen LogP) is 4.51. The molecule has 1 heterocycles. The maximum Gasteiger partial charge on any atom is 0.138 e. The molecule has 5 nitrogen and oxygen atoms in total. The number of rotatable bonds is 12. The number of aromatic nitrogens is 1. The molecule has 0 aliphatic carbocycles. The molecule has 1 unspecified atom stereocenters. The zero-order valence-electron chi connectivity index (χ0n) is 18.4. The Kier molecular flexibility index (Phi) is 10.6. The monoisotopic (exact) mass is 421 g/mol. The number of allylic oxidation sites excluding steroid dienone is 1. The van der Waals surface area contributed by atoms with Gasteiger partial charge in [0, 0.05) is 30.1 Å². The number of thiazole rings is 1. The van der Waals surface area contributed by atoms with Crippen molar-refractivity contribution < 1.29 is 19.8 Å². The van der Waals surface area contributed by atoms with Crippen LogP contribution in [-0.4, -0.2) is 39.0 Å². The summed E-state index contributed by atoms with van der Waals surface area (Å²) in [6.45, 7) is 10.9. The van der Waals surface area contributed by atoms with Crippen LogP contribution in [0.25, 0.3) is 6.08 Å². The van der Waals surface area contributed by atoms with Gasteiger partial charge < -0.3 is 10.2 Å². The van der Waals surface area contributed by atoms with Gasteiger partial charge in [0.05, 0.1) is 22.9 Å². The van der Waals surface area contributed by atoms with Crippen LogP contribution in [0.15, 0.2) is 22.6 Å². The summed E-state index contributed by atoms with van der Waals surface area (Å²) in [6, 6.07) is 0. The smallest absolute Gasteiger partial charge is 0.138 e. The highest BCUT2D eigenvalue weighted by atomic mass is 32.1. The lowest BCUT2D eigenvalue weighted by atomic mass is 9.85. The fourth-order valence-corrected chi connectivity index (χ4v) is 3.63. The highest BCUT2D eigenvalue weighted by Gasteiger charge is 2.29. The minimum Gasteiger partial charge on any atom is -0.392 e. The second-order valence-electron chi connectivity index (χ2n) is 7.84. The van der Waals surface area contributed by atoms with Crippen molar-refractivity contribution >= 4 is 29.0 Å². The first kappa shape index (κ1) is 25.4. The summed E-state index contributed by atoms with van der Waals surface area (Å²) < 4.78 is 0. The Morgan fingerprint density at radius 2 is 1.76 bits per heavy atom. The molecule has 29 heavy (non-hydrogen) atoms. The maximum absolute atomic E-state index is 12.4. The normalized spacial score (nSPS) is 17.0. The molecule has 0 saturated carbocycles. The van der Waals surface area contributed by atoms with Crippen LogP contribution in [0.3, 0.4) is 0 Å². The molecule has 0 aliphatic rings. The van der Waals surface area contributed by atoms with Gasteiger partial charge in [0.15, 0.2) is 0 Å². The molecule has 0 amide bonds. The number of hydrogen-bond acceptors (Lipinski definition) is 6. The summed E-state index contributed by atoms with van der Waals surface area (Å²) in [7, 11) is 0. The third-order valence-corrected chi connectivity index (χ3v) is 6.17. The van der Waals surface area contributed by atoms with E-state index >= 15 is 0 Å². The van der Waals surface area contributed by atoms with Gasteiger partial charge in [-0.25, -0.2) is 4.98 Å². The summed E-state index contributed by atoms with van der Waals surface area (Å²) >= 11 is 1.58. The zero-order chi connectivity index (χ0) is 22.1.